The monoisotopic (exact) mass is 727 g/mol. The van der Waals surface area contributed by atoms with E-state index in [0.29, 0.717) is 24.6 Å². The van der Waals surface area contributed by atoms with E-state index < -0.39 is 49.2 Å². The molecule has 2 amide bonds. The van der Waals surface area contributed by atoms with Crippen molar-refractivity contribution in [2.75, 3.05) is 32.8 Å². The van der Waals surface area contributed by atoms with E-state index in [1.165, 1.54) is 0 Å². The van der Waals surface area contributed by atoms with Crippen LogP contribution in [-0.4, -0.2) is 110 Å². The number of hydrogen-bond acceptors (Lipinski definition) is 10. The Morgan fingerprint density at radius 2 is 1.76 bits per heavy atom. The highest BCUT2D eigenvalue weighted by molar-refractivity contribution is 6.31. The summed E-state index contributed by atoms with van der Waals surface area (Å²) in [4.78, 5) is 18.3. The first-order valence-corrected chi connectivity index (χ1v) is 18.0. The predicted octanol–water partition coefficient (Wildman–Crippen LogP) is 3.22. The molecule has 0 bridgehead atoms. The molecule has 2 saturated carbocycles. The molecule has 2 fully saturated rings. The number of rotatable bonds is 20. The zero-order valence-corrected chi connectivity index (χ0v) is 29.7. The number of aryl methyl sites for hydroxylation is 2. The van der Waals surface area contributed by atoms with Gasteiger partial charge in [0.1, 0.15) is 30.2 Å². The molecule has 2 aliphatic rings. The lowest BCUT2D eigenvalue weighted by atomic mass is 9.96. The number of para-hydroxylation sites is 1. The maximum absolute atomic E-state index is 12.7. The molecule has 51 heavy (non-hydrogen) atoms. The van der Waals surface area contributed by atoms with Crippen LogP contribution in [0.4, 0.5) is 4.79 Å². The summed E-state index contributed by atoms with van der Waals surface area (Å²) in [6, 6.07) is 13.7. The van der Waals surface area contributed by atoms with Crippen molar-refractivity contribution in [3.8, 4) is 16.9 Å². The molecule has 4 atom stereocenters. The largest absolute Gasteiger partial charge is 0.490 e. The van der Waals surface area contributed by atoms with E-state index in [-0.39, 0.29) is 19.3 Å². The molecule has 7 N–H and O–H groups in total. The van der Waals surface area contributed by atoms with Crippen LogP contribution in [0.25, 0.3) is 11.1 Å². The third-order valence-electron chi connectivity index (χ3n) is 9.56. The van der Waals surface area contributed by atoms with Crippen molar-refractivity contribution in [2.24, 2.45) is 0 Å². The molecular weight excluding hydrogens is 678 g/mol. The molecule has 0 aliphatic heterocycles. The summed E-state index contributed by atoms with van der Waals surface area (Å²) in [5.74, 6) is 0.883. The average molecular weight is 728 g/mol. The number of aromatic nitrogens is 1. The Morgan fingerprint density at radius 3 is 2.47 bits per heavy atom. The second kappa shape index (κ2) is 17.9. The minimum absolute atomic E-state index is 0.115. The van der Waals surface area contributed by atoms with Crippen LogP contribution in [0.1, 0.15) is 60.8 Å². The van der Waals surface area contributed by atoms with Gasteiger partial charge in [0.25, 0.3) is 0 Å². The number of unbranched alkanes of at least 4 members (excludes halogenated alkanes) is 1. The molecular formula is C38H50ClN3O9. The van der Waals surface area contributed by atoms with E-state index in [1.807, 2.05) is 49.6 Å². The van der Waals surface area contributed by atoms with Crippen LogP contribution in [0.3, 0.4) is 0 Å². The van der Waals surface area contributed by atoms with Crippen molar-refractivity contribution in [2.45, 2.75) is 94.6 Å². The zero-order chi connectivity index (χ0) is 36.5. The molecule has 12 nitrogen and oxygen atoms in total. The van der Waals surface area contributed by atoms with Crippen LogP contribution in [-0.2, 0) is 23.4 Å². The van der Waals surface area contributed by atoms with Crippen molar-refractivity contribution >= 4 is 17.6 Å². The average Bonchev–Trinajstić information content (AvgIpc) is 4.08. The van der Waals surface area contributed by atoms with Gasteiger partial charge in [-0.05, 0) is 92.3 Å². The van der Waals surface area contributed by atoms with Crippen LogP contribution < -0.4 is 10.1 Å². The van der Waals surface area contributed by atoms with Gasteiger partial charge in [-0.15, -0.1) is 0 Å². The number of aliphatic hydroxyl groups is 6. The second-order valence-corrected chi connectivity index (χ2v) is 14.0. The van der Waals surface area contributed by atoms with Crippen LogP contribution >= 0.6 is 11.6 Å². The smallest absolute Gasteiger partial charge is 0.317 e. The fourth-order valence-corrected chi connectivity index (χ4v) is 6.41. The van der Waals surface area contributed by atoms with Gasteiger partial charge in [0.2, 0.25) is 0 Å². The normalized spacial score (nSPS) is 17.3. The van der Waals surface area contributed by atoms with Gasteiger partial charge in [0, 0.05) is 41.6 Å². The van der Waals surface area contributed by atoms with Gasteiger partial charge < -0.3 is 50.3 Å². The third-order valence-corrected chi connectivity index (χ3v) is 9.91. The standard InChI is InChI=1S/C38H50ClN3O9/c1-24-18-26(23-50-38(12-13-38)30-20-40-15-11-28(30)29-7-2-3-8-34(29)51-27-9-10-27)31(39)19-25(24)6-4-5-14-41-37(49)42(16-17-43)21-32(45)35(47)36(48)33(46)22-44/h2-3,7-8,11,15,18-20,27,32-33,35-36,43-48H,4-6,9-10,12-14,16-17,21-23H2,1H3,(H,41,49). The van der Waals surface area contributed by atoms with E-state index in [0.717, 1.165) is 82.6 Å². The highest BCUT2D eigenvalue weighted by Crippen LogP contribution is 2.53. The number of nitrogens with zero attached hydrogens (tertiary/aromatic N) is 2. The van der Waals surface area contributed by atoms with E-state index in [9.17, 15) is 30.3 Å². The Balaban J connectivity index is 1.12. The summed E-state index contributed by atoms with van der Waals surface area (Å²) < 4.78 is 12.9. The van der Waals surface area contributed by atoms with Crippen LogP contribution in [0.15, 0.2) is 54.9 Å². The number of nitrogens with one attached hydrogen (secondary N) is 1. The Labute approximate surface area is 303 Å². The fourth-order valence-electron chi connectivity index (χ4n) is 6.17. The number of pyridine rings is 1. The maximum Gasteiger partial charge on any atom is 0.317 e. The molecule has 278 valence electrons. The summed E-state index contributed by atoms with van der Waals surface area (Å²) in [6.45, 7) is 1.03. The van der Waals surface area contributed by atoms with Gasteiger partial charge in [0.05, 0.1) is 38.1 Å². The number of carbonyl (C=O) groups is 1. The van der Waals surface area contributed by atoms with Gasteiger partial charge in [-0.3, -0.25) is 4.98 Å². The lowest BCUT2D eigenvalue weighted by Gasteiger charge is -2.30. The van der Waals surface area contributed by atoms with Crippen molar-refractivity contribution in [3.63, 3.8) is 0 Å². The number of benzene rings is 2. The number of halogens is 1. The van der Waals surface area contributed by atoms with E-state index in [1.54, 1.807) is 0 Å². The first-order valence-electron chi connectivity index (χ1n) is 17.7. The molecule has 0 spiro atoms. The molecule has 5 rings (SSSR count). The molecule has 2 aromatic carbocycles. The SMILES string of the molecule is Cc1cc(COC2(c3cnccc3-c3ccccc3OC3CC3)CC2)c(Cl)cc1CCCCNC(=O)N(CCO)CC(O)C(O)C(O)C(O)CO. The summed E-state index contributed by atoms with van der Waals surface area (Å²) in [6.07, 6.45) is 3.23. The molecule has 0 saturated heterocycles. The van der Waals surface area contributed by atoms with Gasteiger partial charge in [0.15, 0.2) is 0 Å². The molecule has 0 radical (unpaired) electrons. The number of aliphatic hydroxyl groups excluding tert-OH is 6. The molecule has 13 heteroatoms. The number of carbonyl (C=O) groups excluding carboxylic acids is 1. The first-order chi connectivity index (χ1) is 24.6. The van der Waals surface area contributed by atoms with Gasteiger partial charge in [-0.2, -0.15) is 0 Å². The van der Waals surface area contributed by atoms with Crippen molar-refractivity contribution in [1.82, 2.24) is 15.2 Å². The van der Waals surface area contributed by atoms with E-state index in [4.69, 9.17) is 26.2 Å². The number of hydrogen-bond donors (Lipinski definition) is 7. The highest BCUT2D eigenvalue weighted by atomic mass is 35.5. The summed E-state index contributed by atoms with van der Waals surface area (Å²) >= 11 is 6.78. The Kier molecular flexibility index (Phi) is 13.7. The molecule has 4 unspecified atom stereocenters. The molecule has 1 heterocycles. The van der Waals surface area contributed by atoms with E-state index >= 15 is 0 Å². The number of amides is 2. The van der Waals surface area contributed by atoms with Crippen LogP contribution in [0.2, 0.25) is 5.02 Å². The lowest BCUT2D eigenvalue weighted by Crippen LogP contribution is -2.52. The Hall–Kier alpha value is -3.33. The van der Waals surface area contributed by atoms with Crippen LogP contribution in [0, 0.1) is 6.92 Å². The maximum atomic E-state index is 12.7. The topological polar surface area (TPSA) is 185 Å². The summed E-state index contributed by atoms with van der Waals surface area (Å²) in [7, 11) is 0. The van der Waals surface area contributed by atoms with Crippen LogP contribution in [0.5, 0.6) is 5.75 Å². The quantitative estimate of drug-likeness (QED) is 0.0853. The first kappa shape index (κ1) is 38.9. The highest BCUT2D eigenvalue weighted by Gasteiger charge is 2.48. The second-order valence-electron chi connectivity index (χ2n) is 13.5. The van der Waals surface area contributed by atoms with Crippen molar-refractivity contribution in [1.29, 1.82) is 0 Å². The Bertz CT molecular complexity index is 1600. The number of urea groups is 1. The minimum atomic E-state index is -1.81. The van der Waals surface area contributed by atoms with Gasteiger partial charge >= 0.3 is 6.03 Å². The third kappa shape index (κ3) is 10.2. The van der Waals surface area contributed by atoms with Crippen molar-refractivity contribution in [3.05, 3.63) is 82.1 Å². The van der Waals surface area contributed by atoms with Gasteiger partial charge in [-0.25, -0.2) is 4.79 Å². The number of ether oxygens (including phenoxy) is 2. The lowest BCUT2D eigenvalue weighted by molar-refractivity contribution is -0.118. The zero-order valence-electron chi connectivity index (χ0n) is 29.0. The summed E-state index contributed by atoms with van der Waals surface area (Å²) in [5.41, 5.74) is 5.83. The fraction of sp³-hybridized carbons (Fsp3) is 0.526. The summed E-state index contributed by atoms with van der Waals surface area (Å²) in [5, 5.41) is 61.5. The molecule has 2 aliphatic carbocycles. The van der Waals surface area contributed by atoms with Crippen molar-refractivity contribution < 1.29 is 44.9 Å². The predicted molar refractivity (Wildman–Crippen MR) is 191 cm³/mol. The molecule has 1 aromatic heterocycles. The van der Waals surface area contributed by atoms with Gasteiger partial charge in [-0.1, -0.05) is 35.9 Å². The van der Waals surface area contributed by atoms with E-state index in [2.05, 4.69) is 22.4 Å². The minimum Gasteiger partial charge on any atom is -0.490 e. The molecule has 3 aromatic rings. The Morgan fingerprint density at radius 1 is 1.02 bits per heavy atom.